The minimum atomic E-state index is -2.89. The van der Waals surface area contributed by atoms with Crippen LogP contribution in [0.4, 0.5) is 0 Å². The molecule has 0 N–H and O–H groups in total. The van der Waals surface area contributed by atoms with Crippen molar-refractivity contribution in [3.05, 3.63) is 0 Å². The molecule has 1 saturated heterocycles. The first-order valence-corrected chi connectivity index (χ1v) is 7.89. The molecule has 0 radical (unpaired) electrons. The Morgan fingerprint density at radius 3 is 1.81 bits per heavy atom. The van der Waals surface area contributed by atoms with Crippen molar-refractivity contribution >= 4 is 7.60 Å². The van der Waals surface area contributed by atoms with Gasteiger partial charge in [0, 0.05) is 0 Å². The van der Waals surface area contributed by atoms with Gasteiger partial charge in [-0.05, 0) is 40.5 Å². The Kier molecular flexibility index (Phi) is 3.02. The van der Waals surface area contributed by atoms with Crippen LogP contribution in [0, 0.1) is 0 Å². The minimum absolute atomic E-state index is 0.127. The zero-order chi connectivity index (χ0) is 12.0. The fourth-order valence-corrected chi connectivity index (χ4v) is 5.47. The van der Waals surface area contributed by atoms with Crippen molar-refractivity contribution in [2.75, 3.05) is 0 Å². The molecule has 0 spiro atoms. The molecule has 94 valence electrons. The maximum atomic E-state index is 12.8. The average Bonchev–Trinajstić information content (AvgIpc) is 2.33. The average molecular weight is 246 g/mol. The van der Waals surface area contributed by atoms with Gasteiger partial charge in [-0.2, -0.15) is 0 Å². The summed E-state index contributed by atoms with van der Waals surface area (Å²) in [4.78, 5) is 0. The lowest BCUT2D eigenvalue weighted by Crippen LogP contribution is -2.41. The number of hydrogen-bond acceptors (Lipinski definition) is 3. The molecular weight excluding hydrogens is 223 g/mol. The highest BCUT2D eigenvalue weighted by molar-refractivity contribution is 7.55. The van der Waals surface area contributed by atoms with E-state index in [-0.39, 0.29) is 5.66 Å². The Morgan fingerprint density at radius 1 is 0.938 bits per heavy atom. The molecular formula is C12H23O3P. The molecule has 2 fully saturated rings. The van der Waals surface area contributed by atoms with Gasteiger partial charge in [0.1, 0.15) is 11.2 Å². The quantitative estimate of drug-likeness (QED) is 0.653. The Balaban J connectivity index is 2.19. The first-order valence-electron chi connectivity index (χ1n) is 6.28. The van der Waals surface area contributed by atoms with Gasteiger partial charge < -0.3 is 0 Å². The third kappa shape index (κ3) is 1.98. The molecule has 0 atom stereocenters. The maximum Gasteiger partial charge on any atom is 0.334 e. The van der Waals surface area contributed by atoms with Gasteiger partial charge in [-0.25, -0.2) is 0 Å². The second kappa shape index (κ2) is 3.83. The van der Waals surface area contributed by atoms with Crippen LogP contribution >= 0.6 is 7.60 Å². The van der Waals surface area contributed by atoms with Crippen LogP contribution in [0.1, 0.15) is 59.8 Å². The largest absolute Gasteiger partial charge is 0.334 e. The summed E-state index contributed by atoms with van der Waals surface area (Å²) in [6.45, 7) is 7.87. The van der Waals surface area contributed by atoms with Gasteiger partial charge >= 0.3 is 7.60 Å². The second-order valence-electron chi connectivity index (χ2n) is 6.03. The molecule has 1 heterocycles. The Labute approximate surface area is 98.4 Å². The van der Waals surface area contributed by atoms with Crippen molar-refractivity contribution in [3.63, 3.8) is 0 Å². The van der Waals surface area contributed by atoms with Gasteiger partial charge in [0.15, 0.2) is 0 Å². The van der Waals surface area contributed by atoms with Crippen LogP contribution in [0.15, 0.2) is 0 Å². The van der Waals surface area contributed by atoms with Gasteiger partial charge in [-0.15, -0.1) is 0 Å². The van der Waals surface area contributed by atoms with Gasteiger partial charge in [0.05, 0.1) is 5.66 Å². The van der Waals surface area contributed by atoms with Gasteiger partial charge in [-0.3, -0.25) is 13.6 Å². The van der Waals surface area contributed by atoms with E-state index in [0.29, 0.717) is 0 Å². The molecule has 4 heteroatoms. The molecule has 2 rings (SSSR count). The van der Waals surface area contributed by atoms with Crippen LogP contribution in [0.25, 0.3) is 0 Å². The molecule has 0 aromatic rings. The van der Waals surface area contributed by atoms with E-state index in [1.165, 1.54) is 6.42 Å². The topological polar surface area (TPSA) is 35.5 Å². The first kappa shape index (κ1) is 12.6. The highest BCUT2D eigenvalue weighted by Gasteiger charge is 2.57. The summed E-state index contributed by atoms with van der Waals surface area (Å²) in [6.07, 6.45) is 5.54. The van der Waals surface area contributed by atoms with Crippen molar-refractivity contribution in [2.24, 2.45) is 0 Å². The van der Waals surface area contributed by atoms with E-state index in [1.807, 2.05) is 27.7 Å². The molecule has 1 aliphatic heterocycles. The van der Waals surface area contributed by atoms with E-state index < -0.39 is 18.8 Å². The van der Waals surface area contributed by atoms with Crippen molar-refractivity contribution in [1.29, 1.82) is 0 Å². The SMILES string of the molecule is CC1(C)OP(=O)(C2CCCCC2)OC1(C)C. The summed E-state index contributed by atoms with van der Waals surface area (Å²) in [5, 5.41) is 0. The van der Waals surface area contributed by atoms with Gasteiger partial charge in [0.25, 0.3) is 0 Å². The maximum absolute atomic E-state index is 12.8. The summed E-state index contributed by atoms with van der Waals surface area (Å²) in [5.41, 5.74) is -0.790. The summed E-state index contributed by atoms with van der Waals surface area (Å²) in [5.74, 6) is 0. The van der Waals surface area contributed by atoms with Crippen LogP contribution in [-0.4, -0.2) is 16.9 Å². The zero-order valence-corrected chi connectivity index (χ0v) is 11.7. The summed E-state index contributed by atoms with van der Waals surface area (Å²) >= 11 is 0. The van der Waals surface area contributed by atoms with Gasteiger partial charge in [0.2, 0.25) is 0 Å². The van der Waals surface area contributed by atoms with Crippen LogP contribution in [0.5, 0.6) is 0 Å². The Morgan fingerprint density at radius 2 is 1.38 bits per heavy atom. The van der Waals surface area contributed by atoms with E-state index in [1.54, 1.807) is 0 Å². The van der Waals surface area contributed by atoms with Crippen molar-refractivity contribution in [2.45, 2.75) is 76.7 Å². The summed E-state index contributed by atoms with van der Waals surface area (Å²) in [6, 6.07) is 0. The van der Waals surface area contributed by atoms with Crippen molar-refractivity contribution in [3.8, 4) is 0 Å². The van der Waals surface area contributed by atoms with Crippen LogP contribution in [0.3, 0.4) is 0 Å². The Bertz CT molecular complexity index is 296. The minimum Gasteiger partial charge on any atom is -0.299 e. The lowest BCUT2D eigenvalue weighted by Gasteiger charge is -2.29. The summed E-state index contributed by atoms with van der Waals surface area (Å²) in [7, 11) is -2.89. The molecule has 3 nitrogen and oxygen atoms in total. The van der Waals surface area contributed by atoms with Crippen LogP contribution in [0.2, 0.25) is 0 Å². The smallest absolute Gasteiger partial charge is 0.299 e. The fraction of sp³-hybridized carbons (Fsp3) is 1.00. The first-order chi connectivity index (χ1) is 7.27. The summed E-state index contributed by atoms with van der Waals surface area (Å²) < 4.78 is 24.4. The highest BCUT2D eigenvalue weighted by atomic mass is 31.2. The number of hydrogen-bond donors (Lipinski definition) is 0. The normalized spacial score (nSPS) is 32.8. The molecule has 0 amide bonds. The van der Waals surface area contributed by atoms with E-state index in [9.17, 15) is 4.57 Å². The van der Waals surface area contributed by atoms with Crippen molar-refractivity contribution in [1.82, 2.24) is 0 Å². The van der Waals surface area contributed by atoms with E-state index in [4.69, 9.17) is 9.05 Å². The lowest BCUT2D eigenvalue weighted by molar-refractivity contribution is 0.00578. The van der Waals surface area contributed by atoms with E-state index in [0.717, 1.165) is 25.7 Å². The van der Waals surface area contributed by atoms with Crippen LogP contribution in [-0.2, 0) is 13.6 Å². The van der Waals surface area contributed by atoms with Gasteiger partial charge in [-0.1, -0.05) is 19.3 Å². The molecule has 0 unspecified atom stereocenters. The highest BCUT2D eigenvalue weighted by Crippen LogP contribution is 2.68. The molecule has 1 aliphatic carbocycles. The molecule has 16 heavy (non-hydrogen) atoms. The lowest BCUT2D eigenvalue weighted by atomic mass is 9.90. The predicted molar refractivity (Wildman–Crippen MR) is 64.8 cm³/mol. The fourth-order valence-electron chi connectivity index (χ4n) is 2.42. The third-order valence-corrected chi connectivity index (χ3v) is 7.02. The van der Waals surface area contributed by atoms with Crippen LogP contribution < -0.4 is 0 Å². The monoisotopic (exact) mass is 246 g/mol. The molecule has 0 aromatic heterocycles. The standard InChI is InChI=1S/C12H23O3P/c1-11(2)12(3,4)15-16(13,14-11)10-8-6-5-7-9-10/h10H,5-9H2,1-4H3. The van der Waals surface area contributed by atoms with E-state index in [2.05, 4.69) is 0 Å². The zero-order valence-electron chi connectivity index (χ0n) is 10.8. The third-order valence-electron chi connectivity index (χ3n) is 4.18. The molecule has 0 aromatic carbocycles. The molecule has 0 bridgehead atoms. The predicted octanol–water partition coefficient (Wildman–Crippen LogP) is 4.12. The van der Waals surface area contributed by atoms with E-state index >= 15 is 0 Å². The van der Waals surface area contributed by atoms with Crippen molar-refractivity contribution < 1.29 is 13.6 Å². The molecule has 2 aliphatic rings. The molecule has 1 saturated carbocycles. The second-order valence-corrected chi connectivity index (χ2v) is 8.21. The Hall–Kier alpha value is 0.150. The number of rotatable bonds is 1.